The van der Waals surface area contributed by atoms with E-state index >= 15 is 0 Å². The van der Waals surface area contributed by atoms with Crippen molar-refractivity contribution in [1.29, 1.82) is 0 Å². The van der Waals surface area contributed by atoms with Crippen LogP contribution in [-0.4, -0.2) is 5.91 Å². The quantitative estimate of drug-likeness (QED) is 0.735. The highest BCUT2D eigenvalue weighted by atomic mass is 16.1. The first-order valence-corrected chi connectivity index (χ1v) is 4.63. The second-order valence-corrected chi connectivity index (χ2v) is 3.58. The minimum absolute atomic E-state index is 0.0147. The summed E-state index contributed by atoms with van der Waals surface area (Å²) in [5, 5.41) is 2.75. The van der Waals surface area contributed by atoms with E-state index in [0.29, 0.717) is 0 Å². The van der Waals surface area contributed by atoms with Crippen LogP contribution >= 0.6 is 0 Å². The van der Waals surface area contributed by atoms with Crippen molar-refractivity contribution in [2.24, 2.45) is 0 Å². The van der Waals surface area contributed by atoms with Crippen LogP contribution in [0.2, 0.25) is 0 Å². The third-order valence-electron chi connectivity index (χ3n) is 2.28. The molecule has 0 heterocycles. The van der Waals surface area contributed by atoms with Gasteiger partial charge in [0, 0.05) is 12.6 Å². The molecule has 2 heteroatoms. The monoisotopic (exact) mass is 175 g/mol. The van der Waals surface area contributed by atoms with Crippen molar-refractivity contribution >= 4 is 11.6 Å². The molecule has 1 saturated carbocycles. The lowest BCUT2D eigenvalue weighted by molar-refractivity contribution is -0.114. The largest absolute Gasteiger partial charge is 0.326 e. The molecule has 0 spiro atoms. The zero-order valence-corrected chi connectivity index (χ0v) is 7.71. The summed E-state index contributed by atoms with van der Waals surface area (Å²) in [6.07, 6.45) is 2.64. The first-order valence-electron chi connectivity index (χ1n) is 4.63. The predicted molar refractivity (Wildman–Crippen MR) is 52.7 cm³/mol. The molecule has 1 N–H and O–H groups in total. The van der Waals surface area contributed by atoms with Crippen molar-refractivity contribution in [1.82, 2.24) is 0 Å². The maximum atomic E-state index is 10.7. The Bertz CT molecular complexity index is 311. The van der Waals surface area contributed by atoms with Crippen LogP contribution in [0.4, 0.5) is 5.69 Å². The Labute approximate surface area is 78.0 Å². The minimum Gasteiger partial charge on any atom is -0.326 e. The standard InChI is InChI=1S/C11H13NO/c1-8(13)12-11-6-4-10(5-7-11)9-2-3-9/h4-7,9H,2-3H2,1H3,(H,12,13). The summed E-state index contributed by atoms with van der Waals surface area (Å²) < 4.78 is 0. The van der Waals surface area contributed by atoms with Gasteiger partial charge in [0.25, 0.3) is 0 Å². The SMILES string of the molecule is CC(=O)Nc1ccc(C2CC2)cc1. The van der Waals surface area contributed by atoms with Gasteiger partial charge in [0.15, 0.2) is 0 Å². The normalized spacial score (nSPS) is 15.5. The van der Waals surface area contributed by atoms with Crippen LogP contribution in [0, 0.1) is 0 Å². The van der Waals surface area contributed by atoms with E-state index in [-0.39, 0.29) is 5.91 Å². The molecule has 0 aliphatic heterocycles. The van der Waals surface area contributed by atoms with Crippen LogP contribution in [0.5, 0.6) is 0 Å². The number of hydrogen-bond acceptors (Lipinski definition) is 1. The topological polar surface area (TPSA) is 29.1 Å². The minimum atomic E-state index is -0.0147. The summed E-state index contributed by atoms with van der Waals surface area (Å²) in [4.78, 5) is 10.7. The molecule has 1 fully saturated rings. The Morgan fingerprint density at radius 1 is 1.31 bits per heavy atom. The van der Waals surface area contributed by atoms with Crippen molar-refractivity contribution < 1.29 is 4.79 Å². The third-order valence-corrected chi connectivity index (χ3v) is 2.28. The maximum absolute atomic E-state index is 10.7. The van der Waals surface area contributed by atoms with Crippen molar-refractivity contribution in [2.45, 2.75) is 25.7 Å². The molecule has 2 nitrogen and oxygen atoms in total. The molecule has 68 valence electrons. The number of hydrogen-bond donors (Lipinski definition) is 1. The van der Waals surface area contributed by atoms with Gasteiger partial charge in [0.1, 0.15) is 0 Å². The number of benzene rings is 1. The summed E-state index contributed by atoms with van der Waals surface area (Å²) in [7, 11) is 0. The number of amides is 1. The highest BCUT2D eigenvalue weighted by Crippen LogP contribution is 2.40. The Kier molecular flexibility index (Phi) is 2.05. The summed E-state index contributed by atoms with van der Waals surface area (Å²) in [5.41, 5.74) is 2.28. The van der Waals surface area contributed by atoms with E-state index in [0.717, 1.165) is 11.6 Å². The van der Waals surface area contributed by atoms with E-state index in [1.807, 2.05) is 12.1 Å². The van der Waals surface area contributed by atoms with Gasteiger partial charge in [-0.3, -0.25) is 4.79 Å². The van der Waals surface area contributed by atoms with Crippen LogP contribution < -0.4 is 5.32 Å². The molecule has 2 rings (SSSR count). The molecule has 0 atom stereocenters. The molecular formula is C11H13NO. The van der Waals surface area contributed by atoms with Crippen molar-refractivity contribution in [3.05, 3.63) is 29.8 Å². The number of rotatable bonds is 2. The summed E-state index contributed by atoms with van der Waals surface area (Å²) in [5.74, 6) is 0.769. The predicted octanol–water partition coefficient (Wildman–Crippen LogP) is 2.52. The van der Waals surface area contributed by atoms with Gasteiger partial charge < -0.3 is 5.32 Å². The maximum Gasteiger partial charge on any atom is 0.221 e. The molecule has 1 aromatic rings. The lowest BCUT2D eigenvalue weighted by Crippen LogP contribution is -2.05. The molecular weight excluding hydrogens is 162 g/mol. The van der Waals surface area contributed by atoms with Crippen LogP contribution in [0.15, 0.2) is 24.3 Å². The number of carbonyl (C=O) groups excluding carboxylic acids is 1. The van der Waals surface area contributed by atoms with Crippen LogP contribution in [-0.2, 0) is 4.79 Å². The molecule has 0 saturated heterocycles. The molecule has 1 amide bonds. The van der Waals surface area contributed by atoms with E-state index < -0.39 is 0 Å². The van der Waals surface area contributed by atoms with Crippen molar-refractivity contribution in [3.63, 3.8) is 0 Å². The van der Waals surface area contributed by atoms with Crippen molar-refractivity contribution in [2.75, 3.05) is 5.32 Å². The number of carbonyl (C=O) groups is 1. The van der Waals surface area contributed by atoms with Gasteiger partial charge in [-0.2, -0.15) is 0 Å². The second kappa shape index (κ2) is 3.21. The fourth-order valence-corrected chi connectivity index (χ4v) is 1.46. The average Bonchev–Trinajstić information content (AvgIpc) is 2.87. The van der Waals surface area contributed by atoms with Crippen molar-refractivity contribution in [3.8, 4) is 0 Å². The number of anilines is 1. The lowest BCUT2D eigenvalue weighted by Gasteiger charge is -2.02. The fourth-order valence-electron chi connectivity index (χ4n) is 1.46. The zero-order valence-electron chi connectivity index (χ0n) is 7.71. The Hall–Kier alpha value is -1.31. The Balaban J connectivity index is 2.08. The first kappa shape index (κ1) is 8.30. The smallest absolute Gasteiger partial charge is 0.221 e. The van der Waals surface area contributed by atoms with E-state index in [1.54, 1.807) is 0 Å². The molecule has 0 unspecified atom stereocenters. The molecule has 1 aliphatic carbocycles. The Morgan fingerprint density at radius 2 is 1.92 bits per heavy atom. The van der Waals surface area contributed by atoms with E-state index in [1.165, 1.54) is 25.3 Å². The van der Waals surface area contributed by atoms with Gasteiger partial charge in [-0.15, -0.1) is 0 Å². The fraction of sp³-hybridized carbons (Fsp3) is 0.364. The Morgan fingerprint density at radius 3 is 2.38 bits per heavy atom. The lowest BCUT2D eigenvalue weighted by atomic mass is 10.1. The molecule has 13 heavy (non-hydrogen) atoms. The third kappa shape index (κ3) is 2.08. The highest BCUT2D eigenvalue weighted by Gasteiger charge is 2.22. The van der Waals surface area contributed by atoms with Gasteiger partial charge in [-0.25, -0.2) is 0 Å². The van der Waals surface area contributed by atoms with E-state index in [2.05, 4.69) is 17.4 Å². The summed E-state index contributed by atoms with van der Waals surface area (Å²) in [6, 6.07) is 8.13. The van der Waals surface area contributed by atoms with Crippen LogP contribution in [0.3, 0.4) is 0 Å². The molecule has 1 aromatic carbocycles. The summed E-state index contributed by atoms with van der Waals surface area (Å²) in [6.45, 7) is 1.52. The van der Waals surface area contributed by atoms with Crippen LogP contribution in [0.1, 0.15) is 31.2 Å². The van der Waals surface area contributed by atoms with Gasteiger partial charge in [-0.05, 0) is 36.5 Å². The van der Waals surface area contributed by atoms with Gasteiger partial charge in [-0.1, -0.05) is 12.1 Å². The zero-order chi connectivity index (χ0) is 9.26. The molecule has 1 aliphatic rings. The molecule has 0 radical (unpaired) electrons. The highest BCUT2D eigenvalue weighted by molar-refractivity contribution is 5.88. The molecule has 0 aromatic heterocycles. The summed E-state index contributed by atoms with van der Waals surface area (Å²) >= 11 is 0. The van der Waals surface area contributed by atoms with E-state index in [4.69, 9.17) is 0 Å². The van der Waals surface area contributed by atoms with Gasteiger partial charge in [0.2, 0.25) is 5.91 Å². The van der Waals surface area contributed by atoms with Crippen LogP contribution in [0.25, 0.3) is 0 Å². The number of nitrogens with one attached hydrogen (secondary N) is 1. The van der Waals surface area contributed by atoms with E-state index in [9.17, 15) is 4.79 Å². The first-order chi connectivity index (χ1) is 6.25. The second-order valence-electron chi connectivity index (χ2n) is 3.58. The average molecular weight is 175 g/mol. The molecule has 0 bridgehead atoms. The van der Waals surface area contributed by atoms with Gasteiger partial charge >= 0.3 is 0 Å². The van der Waals surface area contributed by atoms with Gasteiger partial charge in [0.05, 0.1) is 0 Å².